The molecule has 0 radical (unpaired) electrons. The van der Waals surface area contributed by atoms with E-state index >= 15 is 0 Å². The average Bonchev–Trinajstić information content (AvgIpc) is 2.46. The third-order valence-electron chi connectivity index (χ3n) is 3.22. The molecule has 0 spiro atoms. The maximum Gasteiger partial charge on any atom is 0.148 e. The standard InChI is InChI=1S/C15H19ClN4/c1-20(2)13(8-12-6-4-3-5-7-12)9-18-15-14(16)10-17-11-19-15/h3-7,10-11,13H,8-9H2,1-2H3,(H,17,18,19). The molecule has 0 saturated carbocycles. The lowest BCUT2D eigenvalue weighted by Crippen LogP contribution is -2.36. The fourth-order valence-electron chi connectivity index (χ4n) is 1.98. The lowest BCUT2D eigenvalue weighted by atomic mass is 10.1. The highest BCUT2D eigenvalue weighted by Crippen LogP contribution is 2.16. The molecule has 0 saturated heterocycles. The van der Waals surface area contributed by atoms with Gasteiger partial charge in [0.05, 0.1) is 6.20 Å². The van der Waals surface area contributed by atoms with Crippen molar-refractivity contribution >= 4 is 17.4 Å². The minimum Gasteiger partial charge on any atom is -0.367 e. The average molecular weight is 291 g/mol. The van der Waals surface area contributed by atoms with Crippen molar-refractivity contribution in [2.45, 2.75) is 12.5 Å². The van der Waals surface area contributed by atoms with Crippen molar-refractivity contribution in [1.82, 2.24) is 14.9 Å². The number of anilines is 1. The molecule has 0 aliphatic heterocycles. The van der Waals surface area contributed by atoms with Gasteiger partial charge < -0.3 is 10.2 Å². The zero-order valence-corrected chi connectivity index (χ0v) is 12.5. The monoisotopic (exact) mass is 290 g/mol. The predicted molar refractivity (Wildman–Crippen MR) is 83.2 cm³/mol. The van der Waals surface area contributed by atoms with Crippen LogP contribution in [0.15, 0.2) is 42.9 Å². The van der Waals surface area contributed by atoms with Crippen LogP contribution in [0.5, 0.6) is 0 Å². The van der Waals surface area contributed by atoms with E-state index in [2.05, 4.69) is 58.5 Å². The molecule has 2 rings (SSSR count). The normalized spacial score (nSPS) is 12.4. The van der Waals surface area contributed by atoms with Crippen molar-refractivity contribution in [2.75, 3.05) is 26.0 Å². The summed E-state index contributed by atoms with van der Waals surface area (Å²) in [4.78, 5) is 10.2. The molecule has 1 aromatic carbocycles. The van der Waals surface area contributed by atoms with Crippen LogP contribution < -0.4 is 5.32 Å². The molecular formula is C15H19ClN4. The lowest BCUT2D eigenvalue weighted by molar-refractivity contribution is 0.303. The van der Waals surface area contributed by atoms with Gasteiger partial charge in [-0.1, -0.05) is 41.9 Å². The van der Waals surface area contributed by atoms with E-state index in [1.54, 1.807) is 6.20 Å². The largest absolute Gasteiger partial charge is 0.367 e. The van der Waals surface area contributed by atoms with Crippen LogP contribution in [0.4, 0.5) is 5.82 Å². The molecule has 1 N–H and O–H groups in total. The highest BCUT2D eigenvalue weighted by molar-refractivity contribution is 6.32. The number of rotatable bonds is 6. The first-order valence-corrected chi connectivity index (χ1v) is 6.94. The molecule has 0 fully saturated rings. The van der Waals surface area contributed by atoms with Crippen molar-refractivity contribution in [1.29, 1.82) is 0 Å². The molecular weight excluding hydrogens is 272 g/mol. The summed E-state index contributed by atoms with van der Waals surface area (Å²) in [5.41, 5.74) is 1.32. The van der Waals surface area contributed by atoms with Gasteiger partial charge in [-0.05, 0) is 26.1 Å². The van der Waals surface area contributed by atoms with Crippen LogP contribution in [0.2, 0.25) is 5.02 Å². The van der Waals surface area contributed by atoms with Crippen molar-refractivity contribution in [2.24, 2.45) is 0 Å². The summed E-state index contributed by atoms with van der Waals surface area (Å²) in [5, 5.41) is 3.84. The third kappa shape index (κ3) is 4.18. The molecule has 0 aliphatic carbocycles. The number of likely N-dealkylation sites (N-methyl/N-ethyl adjacent to an activating group) is 1. The van der Waals surface area contributed by atoms with Gasteiger partial charge in [0.1, 0.15) is 17.2 Å². The second-order valence-corrected chi connectivity index (χ2v) is 5.31. The van der Waals surface area contributed by atoms with Gasteiger partial charge in [0.15, 0.2) is 0 Å². The Balaban J connectivity index is 1.98. The number of aromatic nitrogens is 2. The highest BCUT2D eigenvalue weighted by Gasteiger charge is 2.13. The first kappa shape index (κ1) is 14.8. The Bertz CT molecular complexity index is 530. The van der Waals surface area contributed by atoms with E-state index < -0.39 is 0 Å². The van der Waals surface area contributed by atoms with Gasteiger partial charge in [0.2, 0.25) is 0 Å². The van der Waals surface area contributed by atoms with Crippen molar-refractivity contribution in [3.05, 3.63) is 53.4 Å². The Morgan fingerprint density at radius 1 is 1.25 bits per heavy atom. The Hall–Kier alpha value is -1.65. The maximum absolute atomic E-state index is 6.05. The number of nitrogens with one attached hydrogen (secondary N) is 1. The van der Waals surface area contributed by atoms with Gasteiger partial charge in [-0.15, -0.1) is 0 Å². The molecule has 106 valence electrons. The van der Waals surface area contributed by atoms with Crippen LogP contribution in [0.25, 0.3) is 0 Å². The van der Waals surface area contributed by atoms with Crippen molar-refractivity contribution in [3.8, 4) is 0 Å². The van der Waals surface area contributed by atoms with Gasteiger partial charge in [-0.25, -0.2) is 9.97 Å². The number of benzene rings is 1. The van der Waals surface area contributed by atoms with E-state index in [9.17, 15) is 0 Å². The van der Waals surface area contributed by atoms with Gasteiger partial charge in [0, 0.05) is 12.6 Å². The van der Waals surface area contributed by atoms with Crippen molar-refractivity contribution < 1.29 is 0 Å². The second-order valence-electron chi connectivity index (χ2n) is 4.91. The molecule has 5 heteroatoms. The topological polar surface area (TPSA) is 41.0 Å². The molecule has 1 atom stereocenters. The Morgan fingerprint density at radius 2 is 2.00 bits per heavy atom. The van der Waals surface area contributed by atoms with Gasteiger partial charge in [-0.3, -0.25) is 0 Å². The molecule has 2 aromatic rings. The summed E-state index contributed by atoms with van der Waals surface area (Å²) in [5.74, 6) is 0.682. The third-order valence-corrected chi connectivity index (χ3v) is 3.49. The number of nitrogens with zero attached hydrogens (tertiary/aromatic N) is 3. The molecule has 4 nitrogen and oxygen atoms in total. The van der Waals surface area contributed by atoms with E-state index in [0.29, 0.717) is 16.9 Å². The zero-order valence-electron chi connectivity index (χ0n) is 11.8. The van der Waals surface area contributed by atoms with Crippen LogP contribution in [0, 0.1) is 0 Å². The van der Waals surface area contributed by atoms with E-state index in [1.807, 2.05) is 6.07 Å². The quantitative estimate of drug-likeness (QED) is 0.888. The number of halogens is 1. The predicted octanol–water partition coefficient (Wildman–Crippen LogP) is 2.71. The van der Waals surface area contributed by atoms with Crippen LogP contribution in [0.3, 0.4) is 0 Å². The summed E-state index contributed by atoms with van der Waals surface area (Å²) < 4.78 is 0. The van der Waals surface area contributed by atoms with Crippen LogP contribution in [0.1, 0.15) is 5.56 Å². The van der Waals surface area contributed by atoms with Crippen LogP contribution >= 0.6 is 11.6 Å². The summed E-state index contributed by atoms with van der Waals surface area (Å²) >= 11 is 6.05. The summed E-state index contributed by atoms with van der Waals surface area (Å²) in [6, 6.07) is 10.8. The first-order valence-electron chi connectivity index (χ1n) is 6.56. The van der Waals surface area contributed by atoms with Crippen LogP contribution in [-0.4, -0.2) is 41.5 Å². The fraction of sp³-hybridized carbons (Fsp3) is 0.333. The van der Waals surface area contributed by atoms with E-state index in [1.165, 1.54) is 11.9 Å². The Morgan fingerprint density at radius 3 is 2.65 bits per heavy atom. The number of hydrogen-bond donors (Lipinski definition) is 1. The van der Waals surface area contributed by atoms with E-state index in [4.69, 9.17) is 11.6 Å². The molecule has 1 unspecified atom stereocenters. The Kier molecular flexibility index (Phi) is 5.32. The first-order chi connectivity index (χ1) is 9.66. The number of hydrogen-bond acceptors (Lipinski definition) is 4. The zero-order chi connectivity index (χ0) is 14.4. The minimum atomic E-state index is 0.364. The molecule has 0 aliphatic rings. The molecule has 1 aromatic heterocycles. The summed E-state index contributed by atoms with van der Waals surface area (Å²) in [6.45, 7) is 0.776. The van der Waals surface area contributed by atoms with Gasteiger partial charge in [0.25, 0.3) is 0 Å². The molecule has 1 heterocycles. The van der Waals surface area contributed by atoms with Crippen LogP contribution in [-0.2, 0) is 6.42 Å². The second kappa shape index (κ2) is 7.22. The van der Waals surface area contributed by atoms with E-state index in [-0.39, 0.29) is 0 Å². The molecule has 20 heavy (non-hydrogen) atoms. The molecule has 0 bridgehead atoms. The molecule has 0 amide bonds. The van der Waals surface area contributed by atoms with Crippen molar-refractivity contribution in [3.63, 3.8) is 0 Å². The van der Waals surface area contributed by atoms with Gasteiger partial charge in [-0.2, -0.15) is 0 Å². The minimum absolute atomic E-state index is 0.364. The SMILES string of the molecule is CN(C)C(CNc1ncncc1Cl)Cc1ccccc1. The van der Waals surface area contributed by atoms with Gasteiger partial charge >= 0.3 is 0 Å². The highest BCUT2D eigenvalue weighted by atomic mass is 35.5. The Labute approximate surface area is 124 Å². The summed E-state index contributed by atoms with van der Waals surface area (Å²) in [6.07, 6.45) is 4.07. The van der Waals surface area contributed by atoms with E-state index in [0.717, 1.165) is 13.0 Å². The smallest absolute Gasteiger partial charge is 0.148 e. The lowest BCUT2D eigenvalue weighted by Gasteiger charge is -2.25. The maximum atomic E-state index is 6.05. The summed E-state index contributed by atoms with van der Waals surface area (Å²) in [7, 11) is 4.16. The fourth-order valence-corrected chi connectivity index (χ4v) is 2.15.